The Balaban J connectivity index is 1.71. The van der Waals surface area contributed by atoms with Gasteiger partial charge in [-0.3, -0.25) is 9.59 Å². The molecule has 0 saturated carbocycles. The molecule has 0 spiro atoms. The van der Waals surface area contributed by atoms with Gasteiger partial charge in [-0.1, -0.05) is 29.8 Å². The lowest BCUT2D eigenvalue weighted by atomic mass is 10.2. The van der Waals surface area contributed by atoms with Crippen LogP contribution in [0.1, 0.15) is 17.0 Å². The minimum Gasteiger partial charge on any atom is -0.318 e. The fourth-order valence-corrected chi connectivity index (χ4v) is 4.37. The average molecular weight is 427 g/mol. The summed E-state index contributed by atoms with van der Waals surface area (Å²) in [6.07, 6.45) is 1.72. The van der Waals surface area contributed by atoms with Crippen LogP contribution in [0.5, 0.6) is 0 Å². The molecule has 1 aromatic heterocycles. The van der Waals surface area contributed by atoms with Crippen molar-refractivity contribution in [2.24, 2.45) is 0 Å². The zero-order valence-electron chi connectivity index (χ0n) is 15.6. The molecule has 0 atom stereocenters. The third kappa shape index (κ3) is 3.50. The number of aromatic nitrogens is 1. The molecule has 1 saturated heterocycles. The number of anilines is 1. The smallest absolute Gasteiger partial charge is 0.298 e. The topological polar surface area (TPSA) is 42.3 Å². The molecule has 1 fully saturated rings. The highest BCUT2D eigenvalue weighted by molar-refractivity contribution is 8.19. The molecular formula is C22H16ClFN2O2S. The molecule has 2 heterocycles. The monoisotopic (exact) mass is 426 g/mol. The molecular weight excluding hydrogens is 411 g/mol. The van der Waals surface area contributed by atoms with E-state index in [0.717, 1.165) is 34.4 Å². The third-order valence-corrected chi connectivity index (χ3v) is 5.89. The fourth-order valence-electron chi connectivity index (χ4n) is 3.36. The van der Waals surface area contributed by atoms with Gasteiger partial charge in [0.15, 0.2) is 0 Å². The van der Waals surface area contributed by atoms with Crippen molar-refractivity contribution in [3.8, 4) is 5.69 Å². The Morgan fingerprint density at radius 2 is 1.72 bits per heavy atom. The Morgan fingerprint density at radius 1 is 1.00 bits per heavy atom. The molecule has 4 rings (SSSR count). The van der Waals surface area contributed by atoms with E-state index in [0.29, 0.717) is 10.6 Å². The van der Waals surface area contributed by atoms with E-state index in [-0.39, 0.29) is 16.2 Å². The van der Waals surface area contributed by atoms with Crippen molar-refractivity contribution in [3.05, 3.63) is 87.3 Å². The van der Waals surface area contributed by atoms with E-state index < -0.39 is 5.82 Å². The Morgan fingerprint density at radius 3 is 2.41 bits per heavy atom. The highest BCUT2D eigenvalue weighted by Gasteiger charge is 2.36. The molecule has 0 aliphatic carbocycles. The van der Waals surface area contributed by atoms with Crippen LogP contribution in [0.25, 0.3) is 11.8 Å². The van der Waals surface area contributed by atoms with Gasteiger partial charge in [0, 0.05) is 17.1 Å². The van der Waals surface area contributed by atoms with Crippen molar-refractivity contribution < 1.29 is 14.0 Å². The van der Waals surface area contributed by atoms with Gasteiger partial charge in [0.2, 0.25) is 0 Å². The minimum absolute atomic E-state index is 0.0422. The van der Waals surface area contributed by atoms with E-state index in [1.54, 1.807) is 42.5 Å². The molecule has 7 heteroatoms. The maximum atomic E-state index is 13.5. The van der Waals surface area contributed by atoms with Crippen molar-refractivity contribution in [2.45, 2.75) is 13.8 Å². The van der Waals surface area contributed by atoms with Crippen LogP contribution in [0.3, 0.4) is 0 Å². The number of benzene rings is 2. The predicted octanol–water partition coefficient (Wildman–Crippen LogP) is 6.13. The van der Waals surface area contributed by atoms with Crippen molar-refractivity contribution in [1.29, 1.82) is 0 Å². The molecule has 29 heavy (non-hydrogen) atoms. The largest absolute Gasteiger partial charge is 0.318 e. The van der Waals surface area contributed by atoms with E-state index in [2.05, 4.69) is 0 Å². The Bertz CT molecular complexity index is 1170. The van der Waals surface area contributed by atoms with Crippen LogP contribution in [0, 0.1) is 19.7 Å². The molecule has 0 bridgehead atoms. The van der Waals surface area contributed by atoms with Gasteiger partial charge in [-0.05, 0) is 73.6 Å². The highest BCUT2D eigenvalue weighted by Crippen LogP contribution is 2.36. The normalized spacial score (nSPS) is 15.6. The Hall–Kier alpha value is -2.83. The number of carbonyl (C=O) groups excluding carboxylic acids is 2. The average Bonchev–Trinajstić information content (AvgIpc) is 3.13. The van der Waals surface area contributed by atoms with Crippen molar-refractivity contribution in [1.82, 2.24) is 4.57 Å². The van der Waals surface area contributed by atoms with Crippen LogP contribution in [0.2, 0.25) is 5.02 Å². The summed E-state index contributed by atoms with van der Waals surface area (Å²) in [6, 6.07) is 15.3. The number of amides is 2. The van der Waals surface area contributed by atoms with Crippen LogP contribution < -0.4 is 4.90 Å². The summed E-state index contributed by atoms with van der Waals surface area (Å²) in [5, 5.41) is -0.285. The molecule has 1 aliphatic heterocycles. The number of hydrogen-bond donors (Lipinski definition) is 0. The zero-order chi connectivity index (χ0) is 20.7. The summed E-state index contributed by atoms with van der Waals surface area (Å²) < 4.78 is 15.4. The lowest BCUT2D eigenvalue weighted by Crippen LogP contribution is -2.27. The first-order valence-electron chi connectivity index (χ1n) is 8.84. The second-order valence-corrected chi connectivity index (χ2v) is 8.01. The molecule has 2 amide bonds. The van der Waals surface area contributed by atoms with Crippen LogP contribution in [0.4, 0.5) is 14.9 Å². The number of imide groups is 1. The van der Waals surface area contributed by atoms with Crippen molar-refractivity contribution in [2.75, 3.05) is 4.90 Å². The van der Waals surface area contributed by atoms with Gasteiger partial charge in [0.25, 0.3) is 11.1 Å². The molecule has 1 aliphatic rings. The van der Waals surface area contributed by atoms with Gasteiger partial charge >= 0.3 is 0 Å². The molecule has 146 valence electrons. The number of hydrogen-bond acceptors (Lipinski definition) is 3. The predicted molar refractivity (Wildman–Crippen MR) is 115 cm³/mol. The third-order valence-electron chi connectivity index (χ3n) is 4.73. The molecule has 2 aromatic carbocycles. The number of nitrogens with zero attached hydrogens (tertiary/aromatic N) is 2. The molecule has 0 radical (unpaired) electrons. The van der Waals surface area contributed by atoms with E-state index in [1.807, 2.05) is 30.5 Å². The number of para-hydroxylation sites is 1. The van der Waals surface area contributed by atoms with Crippen LogP contribution >= 0.6 is 23.4 Å². The first-order valence-corrected chi connectivity index (χ1v) is 10.0. The summed E-state index contributed by atoms with van der Waals surface area (Å²) in [7, 11) is 0. The number of rotatable bonds is 3. The number of carbonyl (C=O) groups is 2. The Labute approximate surface area is 176 Å². The lowest BCUT2D eigenvalue weighted by Gasteiger charge is -2.11. The Kier molecular flexibility index (Phi) is 5.06. The van der Waals surface area contributed by atoms with Gasteiger partial charge < -0.3 is 4.57 Å². The van der Waals surface area contributed by atoms with Gasteiger partial charge in [-0.25, -0.2) is 9.29 Å². The molecule has 4 nitrogen and oxygen atoms in total. The van der Waals surface area contributed by atoms with Crippen molar-refractivity contribution >= 4 is 46.3 Å². The first kappa shape index (κ1) is 19.5. The number of halogens is 2. The summed E-state index contributed by atoms with van der Waals surface area (Å²) in [5.74, 6) is -0.825. The lowest BCUT2D eigenvalue weighted by molar-refractivity contribution is -0.113. The van der Waals surface area contributed by atoms with Crippen LogP contribution in [-0.2, 0) is 4.79 Å². The number of aryl methyl sites for hydroxylation is 1. The zero-order valence-corrected chi connectivity index (χ0v) is 17.2. The minimum atomic E-state index is -0.479. The maximum Gasteiger partial charge on any atom is 0.298 e. The SMILES string of the molecule is Cc1cc(/C=C2/SC(=O)N(c3ccccc3)C2=O)c(C)n1-c1ccc(F)c(Cl)c1. The second-order valence-electron chi connectivity index (χ2n) is 6.61. The van der Waals surface area contributed by atoms with Crippen molar-refractivity contribution in [3.63, 3.8) is 0 Å². The van der Waals surface area contributed by atoms with Crippen LogP contribution in [-0.4, -0.2) is 15.7 Å². The molecule has 0 unspecified atom stereocenters. The molecule has 0 N–H and O–H groups in total. The maximum absolute atomic E-state index is 13.5. The molecule has 3 aromatic rings. The van der Waals surface area contributed by atoms with E-state index in [9.17, 15) is 14.0 Å². The standard InChI is InChI=1S/C22H16ClFN2O2S/c1-13-10-15(14(2)25(13)17-8-9-19(24)18(23)12-17)11-20-21(27)26(22(28)29-20)16-6-4-3-5-7-16/h3-12H,1-2H3/b20-11+. The summed E-state index contributed by atoms with van der Waals surface area (Å²) in [6.45, 7) is 3.81. The van der Waals surface area contributed by atoms with E-state index >= 15 is 0 Å². The van der Waals surface area contributed by atoms with Gasteiger partial charge in [0.1, 0.15) is 5.82 Å². The van der Waals surface area contributed by atoms with Crippen LogP contribution in [0.15, 0.2) is 59.5 Å². The van der Waals surface area contributed by atoms with E-state index in [1.165, 1.54) is 11.0 Å². The van der Waals surface area contributed by atoms with E-state index in [4.69, 9.17) is 11.6 Å². The quantitative estimate of drug-likeness (QED) is 0.473. The number of thioether (sulfide) groups is 1. The van der Waals surface area contributed by atoms with Gasteiger partial charge in [-0.2, -0.15) is 0 Å². The van der Waals surface area contributed by atoms with Gasteiger partial charge in [0.05, 0.1) is 15.6 Å². The summed E-state index contributed by atoms with van der Waals surface area (Å²) >= 11 is 6.84. The van der Waals surface area contributed by atoms with Gasteiger partial charge in [-0.15, -0.1) is 0 Å². The second kappa shape index (κ2) is 7.54. The first-order chi connectivity index (χ1) is 13.9. The highest BCUT2D eigenvalue weighted by atomic mass is 35.5. The summed E-state index contributed by atoms with van der Waals surface area (Å²) in [4.78, 5) is 26.8. The fraction of sp³-hybridized carbons (Fsp3) is 0.0909. The summed E-state index contributed by atoms with van der Waals surface area (Å²) in [5.41, 5.74) is 3.84.